The minimum absolute atomic E-state index is 0.0443. The van der Waals surface area contributed by atoms with Gasteiger partial charge in [-0.1, -0.05) is 83.9 Å². The molecule has 4 aromatic carbocycles. The Morgan fingerprint density at radius 1 is 0.841 bits per heavy atom. The number of benzene rings is 4. The maximum atomic E-state index is 14.5. The SMILES string of the molecule is CCNC(=O)[C@@H](Cc1ccccc1)N(Cc1ccc(Cl)cc1Cl)C(=O)CN(c1ccc(C)c(C)c1)S(=O)(=O)c1ccccc1. The van der Waals surface area contributed by atoms with Crippen LogP contribution in [0.5, 0.6) is 0 Å². The van der Waals surface area contributed by atoms with E-state index in [1.165, 1.54) is 17.0 Å². The van der Waals surface area contributed by atoms with Crippen LogP contribution in [0.3, 0.4) is 0 Å². The topological polar surface area (TPSA) is 86.8 Å². The fraction of sp³-hybridized carbons (Fsp3) is 0.235. The number of nitrogens with zero attached hydrogens (tertiary/aromatic N) is 2. The quantitative estimate of drug-likeness (QED) is 0.187. The van der Waals surface area contributed by atoms with Crippen molar-refractivity contribution in [3.8, 4) is 0 Å². The second kappa shape index (κ2) is 14.8. The van der Waals surface area contributed by atoms with Crippen LogP contribution in [-0.2, 0) is 32.6 Å². The summed E-state index contributed by atoms with van der Waals surface area (Å²) in [7, 11) is -4.17. The predicted molar refractivity (Wildman–Crippen MR) is 177 cm³/mol. The number of carbonyl (C=O) groups excluding carboxylic acids is 2. The summed E-state index contributed by atoms with van der Waals surface area (Å²) in [6.07, 6.45) is 0.207. The molecule has 0 aromatic heterocycles. The number of anilines is 1. The van der Waals surface area contributed by atoms with Gasteiger partial charge in [0, 0.05) is 29.6 Å². The van der Waals surface area contributed by atoms with Gasteiger partial charge in [-0.3, -0.25) is 13.9 Å². The molecule has 7 nitrogen and oxygen atoms in total. The summed E-state index contributed by atoms with van der Waals surface area (Å²) in [5.41, 5.74) is 3.60. The van der Waals surface area contributed by atoms with Gasteiger partial charge in [-0.25, -0.2) is 8.42 Å². The maximum absolute atomic E-state index is 14.5. The summed E-state index contributed by atoms with van der Waals surface area (Å²) in [6.45, 7) is 5.37. The molecule has 230 valence electrons. The summed E-state index contributed by atoms with van der Waals surface area (Å²) in [5, 5.41) is 3.60. The van der Waals surface area contributed by atoms with Crippen LogP contribution in [-0.4, -0.2) is 44.3 Å². The average Bonchev–Trinajstić information content (AvgIpc) is 3.01. The van der Waals surface area contributed by atoms with Crippen molar-refractivity contribution in [3.63, 3.8) is 0 Å². The molecule has 0 saturated carbocycles. The van der Waals surface area contributed by atoms with Crippen LogP contribution >= 0.6 is 23.2 Å². The number of aryl methyl sites for hydroxylation is 2. The standard InChI is InChI=1S/C34H35Cl2N3O4S/c1-4-37-34(41)32(20-26-11-7-5-8-12-26)38(22-27-16-17-28(35)21-31(27)36)33(40)23-39(29-18-15-24(2)25(3)19-29)44(42,43)30-13-9-6-10-14-30/h5-19,21,32H,4,20,22-23H2,1-3H3,(H,37,41)/t32-/m1/s1. The zero-order valence-electron chi connectivity index (χ0n) is 24.8. The number of rotatable bonds is 12. The van der Waals surface area contributed by atoms with Crippen molar-refractivity contribution >= 4 is 50.7 Å². The molecule has 0 aliphatic heterocycles. The second-order valence-corrected chi connectivity index (χ2v) is 13.2. The van der Waals surface area contributed by atoms with Crippen LogP contribution in [0.4, 0.5) is 5.69 Å². The highest BCUT2D eigenvalue weighted by atomic mass is 35.5. The molecule has 0 heterocycles. The minimum atomic E-state index is -4.17. The fourth-order valence-corrected chi connectivity index (χ4v) is 6.70. The molecular weight excluding hydrogens is 617 g/mol. The lowest BCUT2D eigenvalue weighted by Crippen LogP contribution is -2.53. The number of likely N-dealkylation sites (N-methyl/N-ethyl adjacent to an activating group) is 1. The summed E-state index contributed by atoms with van der Waals surface area (Å²) < 4.78 is 29.3. The Hall–Kier alpha value is -3.85. The average molecular weight is 653 g/mol. The Morgan fingerprint density at radius 3 is 2.11 bits per heavy atom. The molecule has 10 heteroatoms. The zero-order valence-corrected chi connectivity index (χ0v) is 27.2. The Kier molecular flexibility index (Phi) is 11.1. The van der Waals surface area contributed by atoms with Crippen molar-refractivity contribution in [3.05, 3.63) is 129 Å². The van der Waals surface area contributed by atoms with Crippen molar-refractivity contribution in [2.24, 2.45) is 0 Å². The molecule has 2 amide bonds. The van der Waals surface area contributed by atoms with Crippen molar-refractivity contribution in [1.82, 2.24) is 10.2 Å². The van der Waals surface area contributed by atoms with E-state index in [1.54, 1.807) is 55.5 Å². The molecule has 0 fully saturated rings. The van der Waals surface area contributed by atoms with E-state index in [4.69, 9.17) is 23.2 Å². The maximum Gasteiger partial charge on any atom is 0.264 e. The molecule has 4 aromatic rings. The van der Waals surface area contributed by atoms with Crippen LogP contribution in [0.25, 0.3) is 0 Å². The third-order valence-electron chi connectivity index (χ3n) is 7.37. The molecule has 0 saturated heterocycles. The molecule has 44 heavy (non-hydrogen) atoms. The van der Waals surface area contributed by atoms with Crippen molar-refractivity contribution in [2.75, 3.05) is 17.4 Å². The first-order valence-electron chi connectivity index (χ1n) is 14.2. The first kappa shape index (κ1) is 33.1. The van der Waals surface area contributed by atoms with Crippen LogP contribution in [0, 0.1) is 13.8 Å². The third kappa shape index (κ3) is 8.00. The largest absolute Gasteiger partial charge is 0.355 e. The highest BCUT2D eigenvalue weighted by Gasteiger charge is 2.34. The third-order valence-corrected chi connectivity index (χ3v) is 9.74. The normalized spacial score (nSPS) is 11.9. The Labute approximate surface area is 269 Å². The lowest BCUT2D eigenvalue weighted by atomic mass is 10.0. The molecule has 0 radical (unpaired) electrons. The van der Waals surface area contributed by atoms with Crippen LogP contribution in [0.15, 0.2) is 102 Å². The highest BCUT2D eigenvalue weighted by molar-refractivity contribution is 7.92. The van der Waals surface area contributed by atoms with Gasteiger partial charge in [-0.05, 0) is 79.4 Å². The van der Waals surface area contributed by atoms with Crippen molar-refractivity contribution in [1.29, 1.82) is 0 Å². The van der Waals surface area contributed by atoms with Crippen LogP contribution < -0.4 is 9.62 Å². The number of nitrogens with one attached hydrogen (secondary N) is 1. The molecule has 0 aliphatic rings. The van der Waals surface area contributed by atoms with Crippen molar-refractivity contribution < 1.29 is 18.0 Å². The molecule has 0 unspecified atom stereocenters. The number of carbonyl (C=O) groups is 2. The van der Waals surface area contributed by atoms with E-state index in [2.05, 4.69) is 5.32 Å². The van der Waals surface area contributed by atoms with Crippen LogP contribution in [0.2, 0.25) is 10.0 Å². The van der Waals surface area contributed by atoms with Gasteiger partial charge in [0.2, 0.25) is 11.8 Å². The van der Waals surface area contributed by atoms with Crippen LogP contribution in [0.1, 0.15) is 29.2 Å². The van der Waals surface area contributed by atoms with Gasteiger partial charge >= 0.3 is 0 Å². The molecule has 0 aliphatic carbocycles. The lowest BCUT2D eigenvalue weighted by Gasteiger charge is -2.34. The van der Waals surface area contributed by atoms with E-state index >= 15 is 0 Å². The Bertz CT molecular complexity index is 1720. The second-order valence-electron chi connectivity index (χ2n) is 10.5. The van der Waals surface area contributed by atoms with Gasteiger partial charge in [-0.15, -0.1) is 0 Å². The number of halogens is 2. The van der Waals surface area contributed by atoms with Gasteiger partial charge < -0.3 is 10.2 Å². The number of hydrogen-bond donors (Lipinski definition) is 1. The fourth-order valence-electron chi connectivity index (χ4n) is 4.81. The number of sulfonamides is 1. The first-order chi connectivity index (χ1) is 21.0. The summed E-state index contributed by atoms with van der Waals surface area (Å²) in [5.74, 6) is -0.931. The number of amides is 2. The lowest BCUT2D eigenvalue weighted by molar-refractivity contribution is -0.140. The Morgan fingerprint density at radius 2 is 1.50 bits per heavy atom. The van der Waals surface area contributed by atoms with E-state index in [0.29, 0.717) is 27.8 Å². The minimum Gasteiger partial charge on any atom is -0.355 e. The van der Waals surface area contributed by atoms with E-state index in [-0.39, 0.29) is 23.8 Å². The monoisotopic (exact) mass is 651 g/mol. The smallest absolute Gasteiger partial charge is 0.264 e. The summed E-state index contributed by atoms with van der Waals surface area (Å²) in [4.78, 5) is 29.5. The van der Waals surface area contributed by atoms with Gasteiger partial charge in [-0.2, -0.15) is 0 Å². The highest BCUT2D eigenvalue weighted by Crippen LogP contribution is 2.28. The molecular formula is C34H35Cl2N3O4S. The molecule has 0 bridgehead atoms. The summed E-state index contributed by atoms with van der Waals surface area (Å²) >= 11 is 12.7. The summed E-state index contributed by atoms with van der Waals surface area (Å²) in [6, 6.07) is 26.5. The van der Waals surface area contributed by atoms with E-state index in [0.717, 1.165) is 21.0 Å². The molecule has 1 N–H and O–H groups in total. The first-order valence-corrected chi connectivity index (χ1v) is 16.4. The number of hydrogen-bond acceptors (Lipinski definition) is 4. The Balaban J connectivity index is 1.82. The molecule has 4 rings (SSSR count). The van der Waals surface area contributed by atoms with E-state index < -0.39 is 28.5 Å². The molecule has 1 atom stereocenters. The van der Waals surface area contributed by atoms with Gasteiger partial charge in [0.15, 0.2) is 0 Å². The van der Waals surface area contributed by atoms with E-state index in [1.807, 2.05) is 50.2 Å². The molecule has 0 spiro atoms. The van der Waals surface area contributed by atoms with Crippen molar-refractivity contribution in [2.45, 2.75) is 44.7 Å². The van der Waals surface area contributed by atoms with E-state index in [9.17, 15) is 18.0 Å². The van der Waals surface area contributed by atoms with Gasteiger partial charge in [0.25, 0.3) is 10.0 Å². The predicted octanol–water partition coefficient (Wildman–Crippen LogP) is 6.58. The van der Waals surface area contributed by atoms with Gasteiger partial charge in [0.1, 0.15) is 12.6 Å². The van der Waals surface area contributed by atoms with Gasteiger partial charge in [0.05, 0.1) is 10.6 Å². The zero-order chi connectivity index (χ0) is 31.9.